The van der Waals surface area contributed by atoms with Gasteiger partial charge in [0.05, 0.1) is 28.4 Å². The van der Waals surface area contributed by atoms with Crippen LogP contribution in [0.25, 0.3) is 0 Å². The number of aromatic hydroxyl groups is 1. The maximum Gasteiger partial charge on any atom is 0.347 e. The Bertz CT molecular complexity index is 3890. The lowest BCUT2D eigenvalue weighted by Gasteiger charge is -2.56. The number of rotatable bonds is 14. The summed E-state index contributed by atoms with van der Waals surface area (Å²) in [6.07, 6.45) is -0.485. The van der Waals surface area contributed by atoms with E-state index in [9.17, 15) is 54.3 Å². The minimum atomic E-state index is -2.82. The van der Waals surface area contributed by atoms with Crippen LogP contribution in [0.15, 0.2) is 11.1 Å². The van der Waals surface area contributed by atoms with Crippen LogP contribution in [0, 0.1) is 102 Å². The smallest absolute Gasteiger partial charge is 0.347 e. The first kappa shape index (κ1) is 63.6. The molecule has 5 N–H and O–H groups in total. The molecule has 0 saturated carbocycles. The molecule has 0 spiro atoms. The Balaban J connectivity index is 1.23. The summed E-state index contributed by atoms with van der Waals surface area (Å²) in [5.41, 5.74) is -2.99. The Kier molecular flexibility index (Phi) is 16.6. The number of Topliss-reactive ketones (excluding diaryl/α,β-unsaturated/α-hetero) is 1. The number of aliphatic hydroxyl groups is 2. The number of carboxylic acid groups (broad SMARTS) is 2. The predicted octanol–water partition coefficient (Wildman–Crippen LogP) is 9.68. The van der Waals surface area contributed by atoms with E-state index in [2.05, 4.69) is 0 Å². The van der Waals surface area contributed by atoms with Gasteiger partial charge in [0.15, 0.2) is 5.78 Å². The molecule has 1 heterocycles. The lowest BCUT2D eigenvalue weighted by Crippen LogP contribution is -2.73. The van der Waals surface area contributed by atoms with Crippen LogP contribution < -0.4 is 42.6 Å². The first-order valence-corrected chi connectivity index (χ1v) is 26.7. The van der Waals surface area contributed by atoms with Gasteiger partial charge in [0.2, 0.25) is 0 Å². The maximum absolute atomic E-state index is 15.2. The van der Waals surface area contributed by atoms with Gasteiger partial charge >= 0.3 is 35.8 Å². The molecule has 1 aliphatic heterocycles. The summed E-state index contributed by atoms with van der Waals surface area (Å²) in [4.78, 5) is 97.4. The van der Waals surface area contributed by atoms with Gasteiger partial charge in [-0.25, -0.2) is 28.8 Å². The number of phenolic OH excluding ortho intramolecular Hbond substituents is 1. The lowest BCUT2D eigenvalue weighted by molar-refractivity contribution is -0.297. The van der Waals surface area contributed by atoms with E-state index in [-0.39, 0.29) is 141 Å². The zero-order valence-electron chi connectivity index (χ0n) is 51.5. The molecule has 1 aliphatic carbocycles. The number of ether oxygens (including phenoxy) is 9. The van der Waals surface area contributed by atoms with Crippen molar-refractivity contribution in [2.45, 2.75) is 136 Å². The average molecular weight is 1180 g/mol. The van der Waals surface area contributed by atoms with Crippen molar-refractivity contribution in [3.05, 3.63) is 122 Å². The maximum atomic E-state index is 15.2. The standard InChI is InChI=1S/C64H70O21/c1-23-27(5)46(33(11)51(77-18)40(23)56(67)68)82-59(72)42-25(3)29(7)48(35(13)53(42)79-20)81-58(71)39-31(9)38-22-62(16)55(66)44(37(15)63(17,75)64(62,76)85-50(38)32(10)45(39)65)61(74)84-49-30(8)26(4)43(54(80-21)36(49)14)60(73)83-47-28(6)24(2)41(57(69)70)52(78-19)34(47)12/h65,75-76H,22H2,1-21H3,(H,67,68)(H,69,70)/t62-,63+,64-/m1/s1. The third-order valence-electron chi connectivity index (χ3n) is 17.6. The number of benzene rings is 5. The summed E-state index contributed by atoms with van der Waals surface area (Å²) in [6.45, 7) is 25.3. The van der Waals surface area contributed by atoms with Gasteiger partial charge in [-0.15, -0.1) is 0 Å². The van der Waals surface area contributed by atoms with Crippen LogP contribution in [0.2, 0.25) is 0 Å². The number of fused-ring (bicyclic) bond motifs is 2. The van der Waals surface area contributed by atoms with E-state index in [4.69, 9.17) is 42.6 Å². The van der Waals surface area contributed by atoms with Gasteiger partial charge < -0.3 is 68.2 Å². The fourth-order valence-corrected chi connectivity index (χ4v) is 12.0. The van der Waals surface area contributed by atoms with Crippen LogP contribution >= 0.6 is 0 Å². The average Bonchev–Trinajstić information content (AvgIpc) is 0.694. The van der Waals surface area contributed by atoms with Crippen LogP contribution in [0.5, 0.6) is 57.5 Å². The summed E-state index contributed by atoms with van der Waals surface area (Å²) in [6, 6.07) is 0. The third kappa shape index (κ3) is 9.34. The number of ketones is 1. The molecule has 7 rings (SSSR count). The summed E-state index contributed by atoms with van der Waals surface area (Å²) in [5.74, 6) is -11.3. The van der Waals surface area contributed by atoms with Gasteiger partial charge in [0.1, 0.15) is 102 Å². The van der Waals surface area contributed by atoms with E-state index in [1.54, 1.807) is 69.2 Å². The van der Waals surface area contributed by atoms with Crippen molar-refractivity contribution in [3.8, 4) is 57.5 Å². The molecular weight excluding hydrogens is 1100 g/mol. The normalized spacial score (nSPS) is 17.9. The SMILES string of the molecule is COc1c(C)c(OC(=O)c2c(C)c(C)c(OC(=O)C3=C(C)[C@](C)(O)[C@]4(O)Oc5c(C)c(O)c(C(=O)Oc6c(C)c(C)c(C(=O)Oc7c(C)c(C)c(C(=O)O)c(OC)c7C)c(OC)c6C)c(C)c5C[C@]4(C)C3=O)c(C)c2OC)c(C)c(C)c1C(=O)O. The minimum Gasteiger partial charge on any atom is -0.507 e. The number of carbonyl (C=O) groups excluding carboxylic acids is 5. The molecule has 2 aliphatic rings. The van der Waals surface area contributed by atoms with Gasteiger partial charge in [-0.2, -0.15) is 0 Å². The first-order chi connectivity index (χ1) is 39.4. The molecule has 0 amide bonds. The van der Waals surface area contributed by atoms with Gasteiger partial charge in [-0.3, -0.25) is 4.79 Å². The zero-order valence-corrected chi connectivity index (χ0v) is 51.5. The molecular formula is C64H70O21. The number of carbonyl (C=O) groups is 7. The summed E-state index contributed by atoms with van der Waals surface area (Å²) < 4.78 is 52.7. The second-order valence-corrected chi connectivity index (χ2v) is 22.1. The monoisotopic (exact) mass is 1170 g/mol. The first-order valence-electron chi connectivity index (χ1n) is 26.7. The Labute approximate surface area is 490 Å². The molecule has 0 aromatic heterocycles. The molecule has 452 valence electrons. The molecule has 0 unspecified atom stereocenters. The van der Waals surface area contributed by atoms with Gasteiger partial charge in [0, 0.05) is 27.8 Å². The number of carboxylic acids is 2. The Morgan fingerprint density at radius 2 is 0.718 bits per heavy atom. The second-order valence-electron chi connectivity index (χ2n) is 22.1. The van der Waals surface area contributed by atoms with E-state index in [0.717, 1.165) is 6.92 Å². The van der Waals surface area contributed by atoms with Crippen molar-refractivity contribution in [3.63, 3.8) is 0 Å². The van der Waals surface area contributed by atoms with E-state index in [1.165, 1.54) is 70.0 Å². The molecule has 0 bridgehead atoms. The number of hydrogen-bond donors (Lipinski definition) is 5. The van der Waals surface area contributed by atoms with Crippen molar-refractivity contribution in [1.29, 1.82) is 0 Å². The predicted molar refractivity (Wildman–Crippen MR) is 307 cm³/mol. The van der Waals surface area contributed by atoms with Gasteiger partial charge in [0.25, 0.3) is 5.79 Å². The number of phenols is 1. The zero-order chi connectivity index (χ0) is 64.1. The largest absolute Gasteiger partial charge is 0.507 e. The van der Waals surface area contributed by atoms with Gasteiger partial charge in [-0.1, -0.05) is 0 Å². The second kappa shape index (κ2) is 22.2. The number of hydrogen-bond acceptors (Lipinski definition) is 19. The molecule has 21 heteroatoms. The number of aromatic carboxylic acids is 2. The fraction of sp³-hybridized carbons (Fsp3) is 0.391. The number of methoxy groups -OCH3 is 4. The van der Waals surface area contributed by atoms with Crippen LogP contribution in [0.4, 0.5) is 0 Å². The molecule has 0 radical (unpaired) electrons. The van der Waals surface area contributed by atoms with Crippen molar-refractivity contribution in [2.75, 3.05) is 28.4 Å². The molecule has 85 heavy (non-hydrogen) atoms. The Morgan fingerprint density at radius 3 is 1.05 bits per heavy atom. The van der Waals surface area contributed by atoms with Crippen LogP contribution in [-0.4, -0.2) is 107 Å². The topological polar surface area (TPSA) is 304 Å². The molecule has 5 aromatic rings. The molecule has 5 aromatic carbocycles. The highest BCUT2D eigenvalue weighted by Gasteiger charge is 2.71. The highest BCUT2D eigenvalue weighted by atomic mass is 16.6. The van der Waals surface area contributed by atoms with Crippen molar-refractivity contribution in [1.82, 2.24) is 0 Å². The Morgan fingerprint density at radius 1 is 0.412 bits per heavy atom. The van der Waals surface area contributed by atoms with Crippen LogP contribution in [-0.2, 0) is 16.0 Å². The van der Waals surface area contributed by atoms with Gasteiger partial charge in [-0.05, 0) is 185 Å². The highest BCUT2D eigenvalue weighted by molar-refractivity contribution is 6.22. The fourth-order valence-electron chi connectivity index (χ4n) is 12.0. The van der Waals surface area contributed by atoms with Crippen LogP contribution in [0.1, 0.15) is 156 Å². The van der Waals surface area contributed by atoms with Crippen molar-refractivity contribution in [2.24, 2.45) is 5.41 Å². The van der Waals surface area contributed by atoms with Crippen LogP contribution in [0.3, 0.4) is 0 Å². The van der Waals surface area contributed by atoms with Crippen molar-refractivity contribution >= 4 is 41.6 Å². The van der Waals surface area contributed by atoms with Crippen molar-refractivity contribution < 1.29 is 102 Å². The summed E-state index contributed by atoms with van der Waals surface area (Å²) >= 11 is 0. The summed E-state index contributed by atoms with van der Waals surface area (Å²) in [5, 5.41) is 56.9. The lowest BCUT2D eigenvalue weighted by atomic mass is 9.57. The highest BCUT2D eigenvalue weighted by Crippen LogP contribution is 2.58. The van der Waals surface area contributed by atoms with E-state index < -0.39 is 76.1 Å². The van der Waals surface area contributed by atoms with E-state index >= 15 is 4.79 Å². The minimum absolute atomic E-state index is 0.00340. The molecule has 21 nitrogen and oxygen atoms in total. The van der Waals surface area contributed by atoms with E-state index in [1.807, 2.05) is 0 Å². The Hall–Kier alpha value is -8.95. The van der Waals surface area contributed by atoms with E-state index in [0.29, 0.717) is 27.8 Å². The summed E-state index contributed by atoms with van der Waals surface area (Å²) in [7, 11) is 5.19. The molecule has 0 fully saturated rings. The molecule has 3 atom stereocenters. The molecule has 0 saturated heterocycles. The quantitative estimate of drug-likeness (QED) is 0.0392. The third-order valence-corrected chi connectivity index (χ3v) is 17.6. The number of esters is 4.